The minimum Gasteiger partial charge on any atom is -0.465 e. The number of nitrogens with one attached hydrogen (secondary N) is 1. The van der Waals surface area contributed by atoms with Crippen LogP contribution in [0.3, 0.4) is 0 Å². The first-order valence-electron chi connectivity index (χ1n) is 11.0. The number of rotatable bonds is 4. The van der Waals surface area contributed by atoms with Crippen LogP contribution in [0.15, 0.2) is 58.5 Å². The Morgan fingerprint density at radius 3 is 2.50 bits per heavy atom. The van der Waals surface area contributed by atoms with Gasteiger partial charge in [-0.2, -0.15) is 0 Å². The van der Waals surface area contributed by atoms with Crippen LogP contribution < -0.4 is 11.0 Å². The van der Waals surface area contributed by atoms with E-state index in [0.717, 1.165) is 3.97 Å². The molecule has 1 aliphatic carbocycles. The standard InChI is InChI=1S/C23H25N5O5S/c1-23(25-21(29)30)11-8-15(9-12-23)28-19-17-10-13-27(34(32,33)16-6-4-3-5-7-16)20(17)24-14-18(19)26(2)22(28)31/h3-7,10,13-15,25H,8-9,11-12H2,1-2H3,(H,29,30)/t15-,23+. The molecule has 1 amide bonds. The number of benzene rings is 1. The van der Waals surface area contributed by atoms with Crippen LogP contribution in [0, 0.1) is 0 Å². The molecule has 11 heteroatoms. The third-order valence-corrected chi connectivity index (χ3v) is 8.54. The lowest BCUT2D eigenvalue weighted by molar-refractivity contribution is 0.158. The van der Waals surface area contributed by atoms with E-state index in [4.69, 9.17) is 5.11 Å². The van der Waals surface area contributed by atoms with Gasteiger partial charge < -0.3 is 10.4 Å². The molecule has 0 saturated heterocycles. The topological polar surface area (TPSA) is 128 Å². The van der Waals surface area contributed by atoms with Crippen molar-refractivity contribution < 1.29 is 18.3 Å². The molecule has 34 heavy (non-hydrogen) atoms. The molecule has 5 rings (SSSR count). The van der Waals surface area contributed by atoms with Crippen LogP contribution in [0.1, 0.15) is 38.6 Å². The summed E-state index contributed by atoms with van der Waals surface area (Å²) in [4.78, 5) is 29.0. The molecule has 0 aliphatic heterocycles. The van der Waals surface area contributed by atoms with Crippen LogP contribution in [0.25, 0.3) is 22.1 Å². The van der Waals surface area contributed by atoms with Crippen LogP contribution in [0.4, 0.5) is 4.79 Å². The highest BCUT2D eigenvalue weighted by molar-refractivity contribution is 7.90. The SMILES string of the molecule is Cn1c(=O)n([C@H]2CC[C@@](C)(NC(=O)O)CC2)c2c3ccn(S(=O)(=O)c4ccccc4)c3ncc21. The van der Waals surface area contributed by atoms with Gasteiger partial charge >= 0.3 is 11.8 Å². The number of hydrogen-bond acceptors (Lipinski definition) is 5. The molecule has 2 N–H and O–H groups in total. The molecule has 178 valence electrons. The van der Waals surface area contributed by atoms with Crippen molar-refractivity contribution in [3.05, 3.63) is 59.3 Å². The maximum Gasteiger partial charge on any atom is 0.405 e. The molecule has 0 bridgehead atoms. The molecule has 0 unspecified atom stereocenters. The van der Waals surface area contributed by atoms with Crippen molar-refractivity contribution in [2.75, 3.05) is 0 Å². The molecular formula is C23H25N5O5S. The zero-order valence-corrected chi connectivity index (χ0v) is 19.6. The first-order valence-corrected chi connectivity index (χ1v) is 12.5. The molecule has 1 saturated carbocycles. The molecular weight excluding hydrogens is 458 g/mol. The van der Waals surface area contributed by atoms with Crippen molar-refractivity contribution in [1.82, 2.24) is 23.4 Å². The molecule has 0 radical (unpaired) electrons. The van der Waals surface area contributed by atoms with Crippen LogP contribution in [-0.2, 0) is 17.1 Å². The minimum atomic E-state index is -3.86. The number of hydrogen-bond donors (Lipinski definition) is 2. The number of imidazole rings is 1. The van der Waals surface area contributed by atoms with Crippen molar-refractivity contribution >= 4 is 38.2 Å². The summed E-state index contributed by atoms with van der Waals surface area (Å²) in [5.74, 6) is 0. The number of pyridine rings is 1. The van der Waals surface area contributed by atoms with Crippen molar-refractivity contribution in [3.63, 3.8) is 0 Å². The molecule has 0 atom stereocenters. The quantitative estimate of drug-likeness (QED) is 0.459. The fraction of sp³-hybridized carbons (Fsp3) is 0.348. The van der Waals surface area contributed by atoms with Gasteiger partial charge in [-0.25, -0.2) is 27.0 Å². The average Bonchev–Trinajstić information content (AvgIpc) is 3.35. The van der Waals surface area contributed by atoms with E-state index in [1.807, 2.05) is 6.92 Å². The molecule has 1 fully saturated rings. The van der Waals surface area contributed by atoms with Crippen molar-refractivity contribution in [2.24, 2.45) is 7.05 Å². The van der Waals surface area contributed by atoms with E-state index in [9.17, 15) is 18.0 Å². The third-order valence-electron chi connectivity index (χ3n) is 6.86. The fourth-order valence-electron chi connectivity index (χ4n) is 5.02. The van der Waals surface area contributed by atoms with E-state index in [0.29, 0.717) is 42.1 Å². The summed E-state index contributed by atoms with van der Waals surface area (Å²) < 4.78 is 30.9. The summed E-state index contributed by atoms with van der Waals surface area (Å²) in [5, 5.41) is 12.3. The Kier molecular flexibility index (Phi) is 5.05. The van der Waals surface area contributed by atoms with E-state index >= 15 is 0 Å². The van der Waals surface area contributed by atoms with Gasteiger partial charge in [0.1, 0.15) is 0 Å². The average molecular weight is 484 g/mol. The first kappa shape index (κ1) is 22.2. The normalized spacial score (nSPS) is 21.2. The molecule has 3 aromatic heterocycles. The Hall–Kier alpha value is -3.60. The number of amides is 1. The highest BCUT2D eigenvalue weighted by atomic mass is 32.2. The van der Waals surface area contributed by atoms with Gasteiger partial charge in [0, 0.05) is 30.2 Å². The summed E-state index contributed by atoms with van der Waals surface area (Å²) in [6.45, 7) is 1.87. The number of carbonyl (C=O) groups is 1. The second kappa shape index (κ2) is 7.73. The van der Waals surface area contributed by atoms with Crippen LogP contribution in [0.5, 0.6) is 0 Å². The zero-order chi connectivity index (χ0) is 24.3. The monoisotopic (exact) mass is 483 g/mol. The largest absolute Gasteiger partial charge is 0.465 e. The summed E-state index contributed by atoms with van der Waals surface area (Å²) >= 11 is 0. The Morgan fingerprint density at radius 1 is 1.18 bits per heavy atom. The lowest BCUT2D eigenvalue weighted by Crippen LogP contribution is -2.48. The third kappa shape index (κ3) is 3.38. The van der Waals surface area contributed by atoms with E-state index in [1.54, 1.807) is 35.9 Å². The number of aromatic nitrogens is 4. The molecule has 4 aromatic rings. The van der Waals surface area contributed by atoms with Gasteiger partial charge in [0.05, 0.1) is 22.1 Å². The summed E-state index contributed by atoms with van der Waals surface area (Å²) in [6, 6.07) is 9.67. The smallest absolute Gasteiger partial charge is 0.405 e. The Balaban J connectivity index is 1.64. The predicted molar refractivity (Wildman–Crippen MR) is 127 cm³/mol. The van der Waals surface area contributed by atoms with Gasteiger partial charge in [0.15, 0.2) is 5.65 Å². The van der Waals surface area contributed by atoms with Crippen molar-refractivity contribution in [1.29, 1.82) is 0 Å². The van der Waals surface area contributed by atoms with Crippen LogP contribution >= 0.6 is 0 Å². The van der Waals surface area contributed by atoms with E-state index in [-0.39, 0.29) is 22.3 Å². The van der Waals surface area contributed by atoms with Gasteiger partial charge in [0.2, 0.25) is 0 Å². The lowest BCUT2D eigenvalue weighted by Gasteiger charge is -2.37. The van der Waals surface area contributed by atoms with Crippen LogP contribution in [0.2, 0.25) is 0 Å². The number of aryl methyl sites for hydroxylation is 1. The van der Waals surface area contributed by atoms with Gasteiger partial charge in [-0.3, -0.25) is 9.13 Å². The van der Waals surface area contributed by atoms with Gasteiger partial charge in [-0.1, -0.05) is 18.2 Å². The van der Waals surface area contributed by atoms with Crippen molar-refractivity contribution in [3.8, 4) is 0 Å². The molecule has 1 aromatic carbocycles. The molecule has 0 spiro atoms. The maximum absolute atomic E-state index is 13.3. The van der Waals surface area contributed by atoms with Crippen molar-refractivity contribution in [2.45, 2.75) is 49.1 Å². The summed E-state index contributed by atoms with van der Waals surface area (Å²) in [7, 11) is -2.19. The minimum absolute atomic E-state index is 0.139. The summed E-state index contributed by atoms with van der Waals surface area (Å²) in [6.07, 6.45) is 4.35. The van der Waals surface area contributed by atoms with E-state index < -0.39 is 21.7 Å². The highest BCUT2D eigenvalue weighted by Gasteiger charge is 2.35. The van der Waals surface area contributed by atoms with Gasteiger partial charge in [-0.05, 0) is 50.8 Å². The van der Waals surface area contributed by atoms with Gasteiger partial charge in [-0.15, -0.1) is 0 Å². The highest BCUT2D eigenvalue weighted by Crippen LogP contribution is 2.37. The summed E-state index contributed by atoms with van der Waals surface area (Å²) in [5.41, 5.74) is 0.760. The molecule has 3 heterocycles. The Bertz CT molecular complexity index is 1570. The second-order valence-corrected chi connectivity index (χ2v) is 10.9. The molecule has 1 aliphatic rings. The van der Waals surface area contributed by atoms with Gasteiger partial charge in [0.25, 0.3) is 10.0 Å². The Morgan fingerprint density at radius 2 is 1.85 bits per heavy atom. The first-order chi connectivity index (χ1) is 16.1. The number of carboxylic acid groups (broad SMARTS) is 1. The number of fused-ring (bicyclic) bond motifs is 3. The predicted octanol–water partition coefficient (Wildman–Crippen LogP) is 3.07. The van der Waals surface area contributed by atoms with Crippen LogP contribution in [-0.4, -0.2) is 43.2 Å². The fourth-order valence-corrected chi connectivity index (χ4v) is 6.34. The maximum atomic E-state index is 13.3. The Labute approximate surface area is 195 Å². The lowest BCUT2D eigenvalue weighted by atomic mass is 9.80. The zero-order valence-electron chi connectivity index (χ0n) is 18.8. The molecule has 10 nitrogen and oxygen atoms in total. The van der Waals surface area contributed by atoms with E-state index in [2.05, 4.69) is 10.3 Å². The number of nitrogens with zero attached hydrogens (tertiary/aromatic N) is 4. The van der Waals surface area contributed by atoms with E-state index in [1.165, 1.54) is 29.1 Å². The second-order valence-electron chi connectivity index (χ2n) is 9.09.